The van der Waals surface area contributed by atoms with Gasteiger partial charge in [0.05, 0.1) is 32.3 Å². The van der Waals surface area contributed by atoms with Crippen molar-refractivity contribution in [3.63, 3.8) is 0 Å². The summed E-state index contributed by atoms with van der Waals surface area (Å²) in [5.74, 6) is -0.886. The van der Waals surface area contributed by atoms with Crippen LogP contribution in [-0.4, -0.2) is 49.6 Å². The number of carbonyl (C=O) groups excluding carboxylic acids is 1. The third-order valence-corrected chi connectivity index (χ3v) is 2.94. The summed E-state index contributed by atoms with van der Waals surface area (Å²) in [6.45, 7) is 1.98. The highest BCUT2D eigenvalue weighted by Crippen LogP contribution is 2.10. The van der Waals surface area contributed by atoms with Crippen molar-refractivity contribution in [2.45, 2.75) is 12.5 Å². The number of hydrogen-bond donors (Lipinski definition) is 3. The zero-order valence-electron chi connectivity index (χ0n) is 11.5. The second kappa shape index (κ2) is 7.61. The summed E-state index contributed by atoms with van der Waals surface area (Å²) in [6, 6.07) is 6.33. The minimum absolute atomic E-state index is 0.0362. The zero-order valence-corrected chi connectivity index (χ0v) is 11.5. The van der Waals surface area contributed by atoms with Gasteiger partial charge < -0.3 is 25.2 Å². The highest BCUT2D eigenvalue weighted by Gasteiger charge is 2.15. The fourth-order valence-corrected chi connectivity index (χ4v) is 1.92. The van der Waals surface area contributed by atoms with Gasteiger partial charge in [-0.05, 0) is 17.7 Å². The highest BCUT2D eigenvalue weighted by molar-refractivity contribution is 5.89. The van der Waals surface area contributed by atoms with Gasteiger partial charge >= 0.3 is 12.0 Å². The summed E-state index contributed by atoms with van der Waals surface area (Å²) in [5, 5.41) is 14.0. The summed E-state index contributed by atoms with van der Waals surface area (Å²) in [5.41, 5.74) is 1.28. The Hall–Kier alpha value is -2.12. The topological polar surface area (TPSA) is 96.9 Å². The van der Waals surface area contributed by atoms with Gasteiger partial charge in [0.2, 0.25) is 0 Å². The van der Waals surface area contributed by atoms with Crippen LogP contribution in [0.2, 0.25) is 0 Å². The van der Waals surface area contributed by atoms with Crippen molar-refractivity contribution in [1.82, 2.24) is 5.32 Å². The van der Waals surface area contributed by atoms with Gasteiger partial charge in [0.25, 0.3) is 0 Å². The molecule has 0 saturated carbocycles. The molecule has 1 heterocycles. The van der Waals surface area contributed by atoms with E-state index in [9.17, 15) is 9.59 Å². The Morgan fingerprint density at radius 3 is 2.62 bits per heavy atom. The van der Waals surface area contributed by atoms with Crippen LogP contribution in [0.3, 0.4) is 0 Å². The van der Waals surface area contributed by atoms with Crippen LogP contribution in [0.15, 0.2) is 24.3 Å². The molecular formula is C14H18N2O5. The van der Waals surface area contributed by atoms with E-state index in [2.05, 4.69) is 10.6 Å². The van der Waals surface area contributed by atoms with E-state index >= 15 is 0 Å². The molecule has 1 saturated heterocycles. The van der Waals surface area contributed by atoms with Crippen molar-refractivity contribution >= 4 is 17.7 Å². The molecular weight excluding hydrogens is 276 g/mol. The molecule has 2 rings (SSSR count). The van der Waals surface area contributed by atoms with Gasteiger partial charge in [-0.25, -0.2) is 4.79 Å². The number of urea groups is 1. The van der Waals surface area contributed by atoms with Gasteiger partial charge in [-0.2, -0.15) is 0 Å². The first-order valence-corrected chi connectivity index (χ1v) is 6.68. The van der Waals surface area contributed by atoms with Gasteiger partial charge in [0.1, 0.15) is 0 Å². The fourth-order valence-electron chi connectivity index (χ4n) is 1.92. The molecule has 3 N–H and O–H groups in total. The number of benzene rings is 1. The van der Waals surface area contributed by atoms with Crippen molar-refractivity contribution in [3.8, 4) is 0 Å². The van der Waals surface area contributed by atoms with E-state index in [4.69, 9.17) is 14.6 Å². The fraction of sp³-hybridized carbons (Fsp3) is 0.429. The predicted octanol–water partition coefficient (Wildman–Crippen LogP) is 0.851. The minimum atomic E-state index is -0.886. The molecule has 1 aliphatic heterocycles. The third-order valence-electron chi connectivity index (χ3n) is 2.94. The summed E-state index contributed by atoms with van der Waals surface area (Å²) < 4.78 is 10.6. The van der Waals surface area contributed by atoms with Crippen LogP contribution in [-0.2, 0) is 20.7 Å². The first-order chi connectivity index (χ1) is 10.1. The van der Waals surface area contributed by atoms with Crippen LogP contribution in [0.1, 0.15) is 5.56 Å². The third kappa shape index (κ3) is 5.41. The molecule has 7 heteroatoms. The minimum Gasteiger partial charge on any atom is -0.481 e. The summed E-state index contributed by atoms with van der Waals surface area (Å²) in [7, 11) is 0. The van der Waals surface area contributed by atoms with E-state index in [1.807, 2.05) is 0 Å². The van der Waals surface area contributed by atoms with Crippen LogP contribution in [0.4, 0.5) is 10.5 Å². The van der Waals surface area contributed by atoms with Gasteiger partial charge in [0, 0.05) is 12.2 Å². The van der Waals surface area contributed by atoms with Crippen LogP contribution in [0, 0.1) is 0 Å². The standard InChI is InChI=1S/C14H18N2O5/c17-13(18)7-10-1-3-11(4-2-10)16-14(19)15-8-12-9-20-5-6-21-12/h1-4,12H,5-9H2,(H,17,18)(H2,15,16,19). The van der Waals surface area contributed by atoms with E-state index in [1.165, 1.54) is 0 Å². The van der Waals surface area contributed by atoms with Crippen LogP contribution in [0.25, 0.3) is 0 Å². The van der Waals surface area contributed by atoms with Crippen molar-refractivity contribution in [2.75, 3.05) is 31.7 Å². The number of anilines is 1. The molecule has 1 atom stereocenters. The largest absolute Gasteiger partial charge is 0.481 e. The van der Waals surface area contributed by atoms with Gasteiger partial charge in [0.15, 0.2) is 0 Å². The molecule has 1 aromatic carbocycles. The monoisotopic (exact) mass is 294 g/mol. The number of carboxylic acids is 1. The molecule has 1 aliphatic rings. The average molecular weight is 294 g/mol. The highest BCUT2D eigenvalue weighted by atomic mass is 16.6. The summed E-state index contributed by atoms with van der Waals surface area (Å²) in [4.78, 5) is 22.3. The number of carboxylic acid groups (broad SMARTS) is 1. The molecule has 0 spiro atoms. The van der Waals surface area contributed by atoms with E-state index < -0.39 is 5.97 Å². The number of rotatable bonds is 5. The lowest BCUT2D eigenvalue weighted by Crippen LogP contribution is -2.41. The van der Waals surface area contributed by atoms with Crippen LogP contribution < -0.4 is 10.6 Å². The summed E-state index contributed by atoms with van der Waals surface area (Å²) >= 11 is 0. The zero-order chi connectivity index (χ0) is 15.1. The number of aliphatic carboxylic acids is 1. The molecule has 0 bridgehead atoms. The maximum atomic E-state index is 11.7. The van der Waals surface area contributed by atoms with Crippen molar-refractivity contribution in [2.24, 2.45) is 0 Å². The molecule has 1 unspecified atom stereocenters. The Kier molecular flexibility index (Phi) is 5.53. The second-order valence-corrected chi connectivity index (χ2v) is 4.67. The Morgan fingerprint density at radius 1 is 1.24 bits per heavy atom. The molecule has 0 aromatic heterocycles. The van der Waals surface area contributed by atoms with E-state index in [-0.39, 0.29) is 18.6 Å². The number of nitrogens with one attached hydrogen (secondary N) is 2. The molecule has 1 fully saturated rings. The molecule has 114 valence electrons. The number of carbonyl (C=O) groups is 2. The van der Waals surface area contributed by atoms with Crippen molar-refractivity contribution in [1.29, 1.82) is 0 Å². The normalized spacial score (nSPS) is 18.0. The first-order valence-electron chi connectivity index (χ1n) is 6.68. The van der Waals surface area contributed by atoms with Gasteiger partial charge in [-0.15, -0.1) is 0 Å². The first kappa shape index (κ1) is 15.3. The average Bonchev–Trinajstić information content (AvgIpc) is 2.48. The number of ether oxygens (including phenoxy) is 2. The lowest BCUT2D eigenvalue weighted by molar-refractivity contribution is -0.136. The van der Waals surface area contributed by atoms with E-state index in [1.54, 1.807) is 24.3 Å². The second-order valence-electron chi connectivity index (χ2n) is 4.67. The maximum absolute atomic E-state index is 11.7. The Bertz CT molecular complexity index is 483. The number of amides is 2. The smallest absolute Gasteiger partial charge is 0.319 e. The van der Waals surface area contributed by atoms with Crippen molar-refractivity contribution in [3.05, 3.63) is 29.8 Å². The molecule has 1 aromatic rings. The Morgan fingerprint density at radius 2 is 2.00 bits per heavy atom. The quantitative estimate of drug-likeness (QED) is 0.748. The maximum Gasteiger partial charge on any atom is 0.319 e. The summed E-state index contributed by atoms with van der Waals surface area (Å²) in [6.07, 6.45) is -0.159. The Balaban J connectivity index is 1.75. The van der Waals surface area contributed by atoms with E-state index in [0.717, 1.165) is 0 Å². The molecule has 0 aliphatic carbocycles. The van der Waals surface area contributed by atoms with Crippen LogP contribution >= 0.6 is 0 Å². The lowest BCUT2D eigenvalue weighted by Gasteiger charge is -2.23. The van der Waals surface area contributed by atoms with Crippen LogP contribution in [0.5, 0.6) is 0 Å². The van der Waals surface area contributed by atoms with Crippen molar-refractivity contribution < 1.29 is 24.2 Å². The lowest BCUT2D eigenvalue weighted by atomic mass is 10.1. The molecule has 0 radical (unpaired) electrons. The molecule has 21 heavy (non-hydrogen) atoms. The Labute approximate surface area is 122 Å². The van der Waals surface area contributed by atoms with E-state index in [0.29, 0.717) is 37.6 Å². The van der Waals surface area contributed by atoms with Gasteiger partial charge in [-0.3, -0.25) is 4.79 Å². The predicted molar refractivity (Wildman–Crippen MR) is 75.4 cm³/mol. The number of hydrogen-bond acceptors (Lipinski definition) is 4. The molecule has 7 nitrogen and oxygen atoms in total. The SMILES string of the molecule is O=C(O)Cc1ccc(NC(=O)NCC2COCCO2)cc1. The molecule has 2 amide bonds. The van der Waals surface area contributed by atoms with Gasteiger partial charge in [-0.1, -0.05) is 12.1 Å².